The lowest BCUT2D eigenvalue weighted by molar-refractivity contribution is -0.889. The molecule has 0 saturated heterocycles. The topological polar surface area (TPSA) is 155 Å². The Bertz CT molecular complexity index is 1450. The van der Waals surface area contributed by atoms with E-state index in [1.807, 2.05) is 38.4 Å². The third-order valence-electron chi connectivity index (χ3n) is 7.05. The van der Waals surface area contributed by atoms with Crippen molar-refractivity contribution in [3.8, 4) is 0 Å². The molecule has 0 unspecified atom stereocenters. The number of benzene rings is 2. The monoisotopic (exact) mass is 612 g/mol. The lowest BCUT2D eigenvalue weighted by Gasteiger charge is -2.30. The van der Waals surface area contributed by atoms with Gasteiger partial charge in [-0.15, -0.1) is 0 Å². The maximum Gasteiger partial charge on any atom is 0.416 e. The molecule has 0 aliphatic heterocycles. The first kappa shape index (κ1) is 34.3. The van der Waals surface area contributed by atoms with Crippen molar-refractivity contribution < 1.29 is 31.9 Å². The van der Waals surface area contributed by atoms with Crippen LogP contribution in [0.1, 0.15) is 24.0 Å². The molecule has 3 rings (SSSR count). The second-order valence-electron chi connectivity index (χ2n) is 10.9. The van der Waals surface area contributed by atoms with Gasteiger partial charge in [-0.25, -0.2) is 0 Å². The molecule has 2 aromatic carbocycles. The highest BCUT2D eigenvalue weighted by molar-refractivity contribution is 6.37. The van der Waals surface area contributed by atoms with E-state index >= 15 is 0 Å². The number of likely N-dealkylation sites (N-methyl/N-ethyl adjacent to an activating group) is 1. The van der Waals surface area contributed by atoms with E-state index < -0.39 is 35.4 Å². The number of carbonyl (C=O) groups excluding carboxylic acids is 2. The van der Waals surface area contributed by atoms with Gasteiger partial charge in [0.05, 0.1) is 63.4 Å². The average molecular weight is 612 g/mol. The van der Waals surface area contributed by atoms with Crippen LogP contribution in [-0.4, -0.2) is 75.3 Å². The second-order valence-corrected chi connectivity index (χ2v) is 10.9. The summed E-state index contributed by atoms with van der Waals surface area (Å²) in [6.45, 7) is 1.47. The summed E-state index contributed by atoms with van der Waals surface area (Å²) in [7, 11) is 5.29. The number of alkyl halides is 3. The minimum atomic E-state index is -4.51. The summed E-state index contributed by atoms with van der Waals surface area (Å²) < 4.78 is 45.1. The molecule has 0 saturated carbocycles. The van der Waals surface area contributed by atoms with E-state index in [-0.39, 0.29) is 13.2 Å². The lowest BCUT2D eigenvalue weighted by Crippen LogP contribution is -2.47. The number of nitrogens with two attached hydrogens (primary N) is 1. The van der Waals surface area contributed by atoms with Gasteiger partial charge in [0.1, 0.15) is 6.04 Å². The number of fused-ring (bicyclic) bond motifs is 1. The highest BCUT2D eigenvalue weighted by Crippen LogP contribution is 2.29. The Hall–Kier alpha value is -4.17. The van der Waals surface area contributed by atoms with E-state index in [1.165, 1.54) is 25.8 Å². The fourth-order valence-electron chi connectivity index (χ4n) is 4.57. The van der Waals surface area contributed by atoms with E-state index in [1.54, 1.807) is 6.07 Å². The molecule has 2 amide bonds. The molecule has 1 radical (unpaired) electrons. The third kappa shape index (κ3) is 10.8. The average Bonchev–Trinajstić information content (AvgIpc) is 2.98. The zero-order valence-corrected chi connectivity index (χ0v) is 24.6. The second kappa shape index (κ2) is 16.1. The fraction of sp³-hybridized carbons (Fsp3) is 0.414. The number of amides is 2. The number of rotatable bonds is 16. The number of halogens is 3. The van der Waals surface area contributed by atoms with Gasteiger partial charge in [0.15, 0.2) is 0 Å². The molecule has 0 spiro atoms. The van der Waals surface area contributed by atoms with Crippen LogP contribution in [0.3, 0.4) is 0 Å². The number of pyridine rings is 1. The fourth-order valence-corrected chi connectivity index (χ4v) is 4.57. The summed E-state index contributed by atoms with van der Waals surface area (Å²) in [5, 5.41) is 9.90. The van der Waals surface area contributed by atoms with Crippen LogP contribution in [0.2, 0.25) is 5.82 Å². The molecule has 15 heteroatoms. The largest absolute Gasteiger partial charge is 0.428 e. The minimum Gasteiger partial charge on any atom is -0.428 e. The molecule has 11 nitrogen and oxygen atoms in total. The van der Waals surface area contributed by atoms with Crippen molar-refractivity contribution in [2.75, 3.05) is 45.8 Å². The molecule has 1 heterocycles. The number of carbonyl (C=O) groups is 2. The van der Waals surface area contributed by atoms with Gasteiger partial charge in [-0.1, -0.05) is 35.4 Å². The number of hydrogen-bond donors (Lipinski definition) is 3. The molecule has 1 aromatic heterocycles. The quantitative estimate of drug-likeness (QED) is 0.0545. The van der Waals surface area contributed by atoms with Crippen molar-refractivity contribution in [2.45, 2.75) is 37.3 Å². The molecular weight excluding hydrogens is 576 g/mol. The Morgan fingerprint density at radius 2 is 1.86 bits per heavy atom. The number of nitrogens with one attached hydrogen (secondary N) is 2. The van der Waals surface area contributed by atoms with Crippen LogP contribution in [-0.2, 0) is 26.8 Å². The number of hydrogen-bond acceptors (Lipinski definition) is 6. The van der Waals surface area contributed by atoms with E-state index in [0.717, 1.165) is 23.0 Å². The zero-order valence-electron chi connectivity index (χ0n) is 24.6. The van der Waals surface area contributed by atoms with E-state index in [2.05, 4.69) is 25.6 Å². The van der Waals surface area contributed by atoms with Gasteiger partial charge in [0, 0.05) is 22.5 Å². The first-order valence-corrected chi connectivity index (χ1v) is 14.0. The van der Waals surface area contributed by atoms with Crippen LogP contribution in [0, 0.1) is 0 Å². The summed E-state index contributed by atoms with van der Waals surface area (Å²) in [4.78, 5) is 34.1. The molecule has 233 valence electrons. The van der Waals surface area contributed by atoms with Crippen LogP contribution < -0.4 is 16.4 Å². The minimum absolute atomic E-state index is 0.0650. The van der Waals surface area contributed by atoms with Gasteiger partial charge in [0.25, 0.3) is 0 Å². The maximum absolute atomic E-state index is 13.5. The molecule has 0 aliphatic rings. The molecule has 3 aromatic rings. The Labute approximate surface area is 254 Å². The van der Waals surface area contributed by atoms with Crippen LogP contribution in [0.25, 0.3) is 21.3 Å². The van der Waals surface area contributed by atoms with Gasteiger partial charge < -0.3 is 25.5 Å². The Morgan fingerprint density at radius 3 is 2.55 bits per heavy atom. The number of azide groups is 1. The Kier molecular flexibility index (Phi) is 12.5. The van der Waals surface area contributed by atoms with Crippen molar-refractivity contribution in [3.05, 3.63) is 82.4 Å². The van der Waals surface area contributed by atoms with Gasteiger partial charge in [0.2, 0.25) is 11.8 Å². The molecule has 0 fully saturated rings. The first-order valence-electron chi connectivity index (χ1n) is 14.0. The van der Waals surface area contributed by atoms with Crippen molar-refractivity contribution in [3.63, 3.8) is 0 Å². The Morgan fingerprint density at radius 1 is 1.14 bits per heavy atom. The van der Waals surface area contributed by atoms with Crippen LogP contribution in [0.5, 0.6) is 0 Å². The van der Waals surface area contributed by atoms with E-state index in [9.17, 15) is 22.8 Å². The smallest absolute Gasteiger partial charge is 0.416 e. The predicted octanol–water partition coefficient (Wildman–Crippen LogP) is 4.43. The number of aromatic nitrogens is 1. The highest BCUT2D eigenvalue weighted by Gasteiger charge is 2.31. The van der Waals surface area contributed by atoms with Crippen molar-refractivity contribution >= 4 is 35.9 Å². The van der Waals surface area contributed by atoms with Crippen LogP contribution in [0.4, 0.5) is 18.9 Å². The standard InChI is InChI=1S/C29H35BF3N8O3/c1-41(2,15-13-37-40-35)14-5-7-24(30-44-19-34)27(42)39-26(16-20-9-11-22(12-10-20)29(31,32)33)28(43)38-23-17-21-6-3-4-8-25(21)36-18-23/h3-4,6,8-12,17-18,24,26H,5,7,13-16,19,34H2,1-2H3,(H-,38,39,42,43)/p+1/t24-,26+/m0/s1. The summed E-state index contributed by atoms with van der Waals surface area (Å²) in [5.74, 6) is -1.83. The number of anilines is 1. The van der Waals surface area contributed by atoms with Crippen molar-refractivity contribution in [1.29, 1.82) is 0 Å². The van der Waals surface area contributed by atoms with Gasteiger partial charge in [-0.05, 0) is 48.2 Å². The third-order valence-corrected chi connectivity index (χ3v) is 7.05. The summed E-state index contributed by atoms with van der Waals surface area (Å²) in [6.07, 6.45) is -2.10. The number of nitrogens with zero attached hydrogens (tertiary/aromatic N) is 5. The molecular formula is C29H36BF3N8O3+. The van der Waals surface area contributed by atoms with E-state index in [0.29, 0.717) is 48.2 Å². The van der Waals surface area contributed by atoms with Crippen LogP contribution in [0.15, 0.2) is 65.9 Å². The number of quaternary nitrogens is 1. The Balaban J connectivity index is 1.77. The maximum atomic E-state index is 13.5. The zero-order chi connectivity index (χ0) is 32.2. The molecule has 0 aliphatic carbocycles. The van der Waals surface area contributed by atoms with Crippen molar-refractivity contribution in [1.82, 2.24) is 10.3 Å². The first-order chi connectivity index (χ1) is 20.9. The molecule has 44 heavy (non-hydrogen) atoms. The highest BCUT2D eigenvalue weighted by atomic mass is 19.4. The molecule has 4 N–H and O–H groups in total. The molecule has 0 bridgehead atoms. The SMILES string of the molecule is C[N+](C)(CCC[C@H]([B]OCN)C(=O)N[C@H](Cc1ccc(C(F)(F)F)cc1)C(=O)Nc1cnc2ccccc2c1)CCN=[N+]=[N-]. The van der Waals surface area contributed by atoms with Crippen molar-refractivity contribution in [2.24, 2.45) is 10.8 Å². The normalized spacial score (nSPS) is 13.0. The van der Waals surface area contributed by atoms with Gasteiger partial charge in [-0.3, -0.25) is 14.6 Å². The summed E-state index contributed by atoms with van der Waals surface area (Å²) >= 11 is 0. The van der Waals surface area contributed by atoms with Gasteiger partial charge in [-0.2, -0.15) is 13.2 Å². The van der Waals surface area contributed by atoms with Crippen LogP contribution >= 0.6 is 0 Å². The summed E-state index contributed by atoms with van der Waals surface area (Å²) in [6, 6.07) is 12.4. The number of para-hydroxylation sites is 1. The summed E-state index contributed by atoms with van der Waals surface area (Å²) in [5.41, 5.74) is 14.8. The lowest BCUT2D eigenvalue weighted by atomic mass is 9.75. The van der Waals surface area contributed by atoms with E-state index in [4.69, 9.17) is 15.9 Å². The van der Waals surface area contributed by atoms with Gasteiger partial charge >= 0.3 is 13.7 Å². The predicted molar refractivity (Wildman–Crippen MR) is 162 cm³/mol. The molecule has 2 atom stereocenters.